The van der Waals surface area contributed by atoms with Crippen LogP contribution in [0.25, 0.3) is 22.3 Å². The molecule has 0 heterocycles. The summed E-state index contributed by atoms with van der Waals surface area (Å²) in [6.45, 7) is 0. The van der Waals surface area contributed by atoms with E-state index in [0.717, 1.165) is 42.7 Å². The first kappa shape index (κ1) is 29.8. The SMILES string of the molecule is COc1ccc([Se]c2ccc(OC)cc2-c2cc(OC)c(OC)c(OC)c2)c(-c2cc(OC)c(OC)c(OC)c2)c1. The molecule has 0 aliphatic carbocycles. The van der Waals surface area contributed by atoms with Gasteiger partial charge in [-0.3, -0.25) is 0 Å². The molecule has 0 aliphatic rings. The molecule has 0 bridgehead atoms. The van der Waals surface area contributed by atoms with E-state index in [0.29, 0.717) is 34.5 Å². The van der Waals surface area contributed by atoms with Crippen LogP contribution in [0, 0.1) is 0 Å². The first-order valence-electron chi connectivity index (χ1n) is 12.6. The van der Waals surface area contributed by atoms with Crippen LogP contribution in [-0.4, -0.2) is 71.8 Å². The van der Waals surface area contributed by atoms with Crippen molar-refractivity contribution in [1.82, 2.24) is 0 Å². The molecule has 0 radical (unpaired) electrons. The average molecular weight is 626 g/mol. The van der Waals surface area contributed by atoms with Gasteiger partial charge in [-0.1, -0.05) is 0 Å². The Bertz CT molecular complexity index is 1360. The Morgan fingerprint density at radius 1 is 0.390 bits per heavy atom. The quantitative estimate of drug-likeness (QED) is 0.209. The predicted octanol–water partition coefficient (Wildman–Crippen LogP) is 4.74. The average Bonchev–Trinajstić information content (AvgIpc) is 3.03. The van der Waals surface area contributed by atoms with Crippen LogP contribution < -0.4 is 46.8 Å². The Labute approximate surface area is 247 Å². The second-order valence-corrected chi connectivity index (χ2v) is 10.9. The van der Waals surface area contributed by atoms with Gasteiger partial charge in [0.1, 0.15) is 0 Å². The standard InChI is InChI=1S/C32H34O8Se/c1-33-21-9-11-29(23(17-21)19-13-25(35-3)31(39-7)26(14-19)36-4)41-30-12-10-22(34-2)18-24(30)20-15-27(37-5)32(40-8)28(16-20)38-6/h9-18H,1-8H3. The van der Waals surface area contributed by atoms with Gasteiger partial charge in [0, 0.05) is 0 Å². The topological polar surface area (TPSA) is 73.8 Å². The number of benzene rings is 4. The Hall–Kier alpha value is -4.20. The molecular formula is C32H34O8Se. The normalized spacial score (nSPS) is 10.5. The summed E-state index contributed by atoms with van der Waals surface area (Å²) in [6.07, 6.45) is 0. The van der Waals surface area contributed by atoms with E-state index in [-0.39, 0.29) is 15.0 Å². The summed E-state index contributed by atoms with van der Waals surface area (Å²) in [7, 11) is 12.9. The molecule has 9 heteroatoms. The fraction of sp³-hybridized carbons (Fsp3) is 0.250. The van der Waals surface area contributed by atoms with Crippen molar-refractivity contribution in [1.29, 1.82) is 0 Å². The van der Waals surface area contributed by atoms with Gasteiger partial charge in [0.25, 0.3) is 0 Å². The van der Waals surface area contributed by atoms with E-state index in [1.807, 2.05) is 48.5 Å². The molecule has 0 aromatic heterocycles. The maximum atomic E-state index is 5.64. The molecule has 0 saturated carbocycles. The van der Waals surface area contributed by atoms with Gasteiger partial charge in [-0.2, -0.15) is 0 Å². The summed E-state index contributed by atoms with van der Waals surface area (Å²) in [5, 5.41) is 0. The summed E-state index contributed by atoms with van der Waals surface area (Å²) in [4.78, 5) is 0. The number of hydrogen-bond donors (Lipinski definition) is 0. The number of rotatable bonds is 12. The van der Waals surface area contributed by atoms with Crippen molar-refractivity contribution in [3.8, 4) is 68.2 Å². The van der Waals surface area contributed by atoms with E-state index in [4.69, 9.17) is 37.9 Å². The van der Waals surface area contributed by atoms with Gasteiger partial charge in [0.2, 0.25) is 0 Å². The Kier molecular flexibility index (Phi) is 9.76. The molecule has 216 valence electrons. The van der Waals surface area contributed by atoms with Gasteiger partial charge in [0.15, 0.2) is 0 Å². The van der Waals surface area contributed by atoms with Crippen LogP contribution in [0.15, 0.2) is 60.7 Å². The molecule has 0 fully saturated rings. The summed E-state index contributed by atoms with van der Waals surface area (Å²) in [5.41, 5.74) is 3.82. The first-order valence-corrected chi connectivity index (χ1v) is 14.3. The molecule has 4 aromatic rings. The van der Waals surface area contributed by atoms with Gasteiger partial charge < -0.3 is 0 Å². The van der Waals surface area contributed by atoms with Crippen LogP contribution in [0.1, 0.15) is 0 Å². The molecule has 0 atom stereocenters. The second kappa shape index (κ2) is 13.4. The van der Waals surface area contributed by atoms with E-state index in [9.17, 15) is 0 Å². The molecule has 0 N–H and O–H groups in total. The Morgan fingerprint density at radius 2 is 0.732 bits per heavy atom. The molecule has 0 aliphatic heterocycles. The van der Waals surface area contributed by atoms with Crippen molar-refractivity contribution >= 4 is 23.9 Å². The van der Waals surface area contributed by atoms with Gasteiger partial charge >= 0.3 is 248 Å². The van der Waals surface area contributed by atoms with Crippen molar-refractivity contribution in [2.45, 2.75) is 0 Å². The third-order valence-corrected chi connectivity index (χ3v) is 8.96. The molecule has 0 saturated heterocycles. The van der Waals surface area contributed by atoms with Crippen molar-refractivity contribution in [2.75, 3.05) is 56.9 Å². The van der Waals surface area contributed by atoms with Crippen molar-refractivity contribution < 1.29 is 37.9 Å². The Morgan fingerprint density at radius 3 is 1.00 bits per heavy atom. The predicted molar refractivity (Wildman–Crippen MR) is 161 cm³/mol. The first-order chi connectivity index (χ1) is 19.9. The van der Waals surface area contributed by atoms with E-state index in [2.05, 4.69) is 12.1 Å². The van der Waals surface area contributed by atoms with Crippen LogP contribution in [0.2, 0.25) is 0 Å². The third-order valence-electron chi connectivity index (χ3n) is 6.54. The number of ether oxygens (including phenoxy) is 8. The zero-order valence-corrected chi connectivity index (χ0v) is 26.2. The molecule has 0 amide bonds. The van der Waals surface area contributed by atoms with Gasteiger partial charge in [-0.05, 0) is 0 Å². The zero-order chi connectivity index (χ0) is 29.5. The maximum absolute atomic E-state index is 5.64. The van der Waals surface area contributed by atoms with Crippen LogP contribution >= 0.6 is 0 Å². The third kappa shape index (κ3) is 6.11. The molecule has 4 rings (SSSR count). The number of hydrogen-bond acceptors (Lipinski definition) is 8. The summed E-state index contributed by atoms with van der Waals surface area (Å²) >= 11 is -0.149. The van der Waals surface area contributed by atoms with Crippen LogP contribution in [0.5, 0.6) is 46.0 Å². The van der Waals surface area contributed by atoms with Gasteiger partial charge in [0.05, 0.1) is 0 Å². The molecular weight excluding hydrogens is 591 g/mol. The monoisotopic (exact) mass is 626 g/mol. The molecule has 0 unspecified atom stereocenters. The second-order valence-electron chi connectivity index (χ2n) is 8.65. The summed E-state index contributed by atoms with van der Waals surface area (Å²) in [6, 6.07) is 20.0. The van der Waals surface area contributed by atoms with Crippen molar-refractivity contribution in [3.05, 3.63) is 60.7 Å². The molecule has 41 heavy (non-hydrogen) atoms. The fourth-order valence-corrected chi connectivity index (χ4v) is 6.76. The minimum absolute atomic E-state index is 0.149. The summed E-state index contributed by atoms with van der Waals surface area (Å²) in [5.74, 6) is 4.86. The summed E-state index contributed by atoms with van der Waals surface area (Å²) < 4.78 is 47.1. The van der Waals surface area contributed by atoms with Gasteiger partial charge in [-0.15, -0.1) is 0 Å². The Balaban J connectivity index is 1.90. The zero-order valence-electron chi connectivity index (χ0n) is 24.4. The van der Waals surface area contributed by atoms with Gasteiger partial charge in [-0.25, -0.2) is 0 Å². The van der Waals surface area contributed by atoms with Crippen LogP contribution in [0.4, 0.5) is 0 Å². The number of methoxy groups -OCH3 is 8. The van der Waals surface area contributed by atoms with Crippen molar-refractivity contribution in [3.63, 3.8) is 0 Å². The van der Waals surface area contributed by atoms with Crippen LogP contribution in [-0.2, 0) is 0 Å². The minimum atomic E-state index is -0.149. The van der Waals surface area contributed by atoms with Crippen LogP contribution in [0.3, 0.4) is 0 Å². The van der Waals surface area contributed by atoms with E-state index in [1.165, 1.54) is 0 Å². The molecule has 0 spiro atoms. The van der Waals surface area contributed by atoms with E-state index >= 15 is 0 Å². The molecule has 8 nitrogen and oxygen atoms in total. The van der Waals surface area contributed by atoms with E-state index < -0.39 is 0 Å². The van der Waals surface area contributed by atoms with Crippen molar-refractivity contribution in [2.24, 2.45) is 0 Å². The van der Waals surface area contributed by atoms with E-state index in [1.54, 1.807) is 56.9 Å². The fourth-order valence-electron chi connectivity index (χ4n) is 4.49. The molecule has 4 aromatic carbocycles.